The van der Waals surface area contributed by atoms with Gasteiger partial charge in [0.05, 0.1) is 0 Å². The van der Waals surface area contributed by atoms with Gasteiger partial charge in [-0.3, -0.25) is 0 Å². The van der Waals surface area contributed by atoms with E-state index in [0.29, 0.717) is 6.04 Å². The fourth-order valence-electron chi connectivity index (χ4n) is 2.02. The first kappa shape index (κ1) is 13.2. The molecule has 0 aliphatic heterocycles. The zero-order valence-electron chi connectivity index (χ0n) is 10.9. The summed E-state index contributed by atoms with van der Waals surface area (Å²) in [6.07, 6.45) is 4.60. The van der Waals surface area contributed by atoms with Crippen LogP contribution in [0.15, 0.2) is 24.3 Å². The summed E-state index contributed by atoms with van der Waals surface area (Å²) in [6, 6.07) is 9.09. The maximum Gasteiger partial charge on any atom is 0.00445 e. The molecule has 16 heavy (non-hydrogen) atoms. The molecule has 0 aromatic heterocycles. The van der Waals surface area contributed by atoms with Gasteiger partial charge in [0.1, 0.15) is 0 Å². The standard InChI is InChI=1S/C15H25N/c1-4-12(2)11-15(16)9-8-14-7-5-6-13(3)10-14/h5-7,10,12,15H,4,8-9,11,16H2,1-3H3. The van der Waals surface area contributed by atoms with Crippen molar-refractivity contribution < 1.29 is 0 Å². The highest BCUT2D eigenvalue weighted by Crippen LogP contribution is 2.13. The Labute approximate surface area is 100 Å². The summed E-state index contributed by atoms with van der Waals surface area (Å²) in [5, 5.41) is 0. The summed E-state index contributed by atoms with van der Waals surface area (Å²) in [5.74, 6) is 0.757. The summed E-state index contributed by atoms with van der Waals surface area (Å²) in [7, 11) is 0. The summed E-state index contributed by atoms with van der Waals surface area (Å²) >= 11 is 0. The van der Waals surface area contributed by atoms with Gasteiger partial charge in [0.15, 0.2) is 0 Å². The molecule has 0 amide bonds. The minimum absolute atomic E-state index is 0.357. The third kappa shape index (κ3) is 4.80. The minimum Gasteiger partial charge on any atom is -0.328 e. The van der Waals surface area contributed by atoms with Crippen LogP contribution < -0.4 is 5.73 Å². The Morgan fingerprint density at radius 1 is 1.31 bits per heavy atom. The molecule has 1 aromatic rings. The summed E-state index contributed by atoms with van der Waals surface area (Å²) in [5.41, 5.74) is 8.89. The normalized spacial score (nSPS) is 14.8. The van der Waals surface area contributed by atoms with E-state index in [1.807, 2.05) is 0 Å². The van der Waals surface area contributed by atoms with Crippen molar-refractivity contribution in [3.63, 3.8) is 0 Å². The second-order valence-corrected chi connectivity index (χ2v) is 5.04. The van der Waals surface area contributed by atoms with Crippen LogP contribution in [0.5, 0.6) is 0 Å². The van der Waals surface area contributed by atoms with Crippen molar-refractivity contribution >= 4 is 0 Å². The van der Waals surface area contributed by atoms with Crippen molar-refractivity contribution in [3.8, 4) is 0 Å². The van der Waals surface area contributed by atoms with Crippen LogP contribution in [0.25, 0.3) is 0 Å². The first-order valence-electron chi connectivity index (χ1n) is 6.43. The molecule has 1 nitrogen and oxygen atoms in total. The third-order valence-electron chi connectivity index (χ3n) is 3.29. The highest BCUT2D eigenvalue weighted by molar-refractivity contribution is 5.22. The molecular formula is C15H25N. The maximum absolute atomic E-state index is 6.14. The molecule has 0 aliphatic rings. The first-order valence-corrected chi connectivity index (χ1v) is 6.43. The van der Waals surface area contributed by atoms with Crippen molar-refractivity contribution in [3.05, 3.63) is 35.4 Å². The summed E-state index contributed by atoms with van der Waals surface area (Å²) in [6.45, 7) is 6.66. The fraction of sp³-hybridized carbons (Fsp3) is 0.600. The van der Waals surface area contributed by atoms with Crippen molar-refractivity contribution in [2.75, 3.05) is 0 Å². The minimum atomic E-state index is 0.357. The van der Waals surface area contributed by atoms with Crippen molar-refractivity contribution in [2.45, 2.75) is 52.5 Å². The van der Waals surface area contributed by atoms with E-state index in [4.69, 9.17) is 5.73 Å². The molecule has 0 saturated heterocycles. The van der Waals surface area contributed by atoms with Crippen LogP contribution in [0, 0.1) is 12.8 Å². The van der Waals surface area contributed by atoms with Gasteiger partial charge in [-0.25, -0.2) is 0 Å². The smallest absolute Gasteiger partial charge is 0.00445 e. The Hall–Kier alpha value is -0.820. The second-order valence-electron chi connectivity index (χ2n) is 5.04. The quantitative estimate of drug-likeness (QED) is 0.776. The van der Waals surface area contributed by atoms with Crippen LogP contribution in [-0.2, 0) is 6.42 Å². The van der Waals surface area contributed by atoms with Crippen molar-refractivity contribution in [1.29, 1.82) is 0 Å². The van der Waals surface area contributed by atoms with Crippen molar-refractivity contribution in [2.24, 2.45) is 11.7 Å². The van der Waals surface area contributed by atoms with Crippen LogP contribution in [0.1, 0.15) is 44.2 Å². The predicted octanol–water partition coefficient (Wildman–Crippen LogP) is 3.69. The Morgan fingerprint density at radius 2 is 2.06 bits per heavy atom. The number of aryl methyl sites for hydroxylation is 2. The number of nitrogens with two attached hydrogens (primary N) is 1. The lowest BCUT2D eigenvalue weighted by atomic mass is 9.95. The monoisotopic (exact) mass is 219 g/mol. The lowest BCUT2D eigenvalue weighted by Gasteiger charge is -2.15. The van der Waals surface area contributed by atoms with E-state index in [1.165, 1.54) is 17.5 Å². The highest BCUT2D eigenvalue weighted by atomic mass is 14.6. The van der Waals surface area contributed by atoms with Gasteiger partial charge >= 0.3 is 0 Å². The number of benzene rings is 1. The summed E-state index contributed by atoms with van der Waals surface area (Å²) in [4.78, 5) is 0. The fourth-order valence-corrected chi connectivity index (χ4v) is 2.02. The van der Waals surface area contributed by atoms with E-state index in [0.717, 1.165) is 25.2 Å². The first-order chi connectivity index (χ1) is 7.61. The van der Waals surface area contributed by atoms with Gasteiger partial charge in [-0.2, -0.15) is 0 Å². The van der Waals surface area contributed by atoms with Gasteiger partial charge in [0.2, 0.25) is 0 Å². The predicted molar refractivity (Wildman–Crippen MR) is 71.5 cm³/mol. The Morgan fingerprint density at radius 3 is 2.69 bits per heavy atom. The molecule has 0 aliphatic carbocycles. The molecule has 0 saturated carbocycles. The average Bonchev–Trinajstić information content (AvgIpc) is 2.26. The molecule has 2 unspecified atom stereocenters. The van der Waals surface area contributed by atoms with E-state index in [1.54, 1.807) is 0 Å². The molecule has 0 spiro atoms. The van der Waals surface area contributed by atoms with E-state index in [2.05, 4.69) is 45.0 Å². The number of hydrogen-bond donors (Lipinski definition) is 1. The SMILES string of the molecule is CCC(C)CC(N)CCc1cccc(C)c1. The third-order valence-corrected chi connectivity index (χ3v) is 3.29. The van der Waals surface area contributed by atoms with E-state index in [-0.39, 0.29) is 0 Å². The largest absolute Gasteiger partial charge is 0.328 e. The molecule has 0 radical (unpaired) electrons. The van der Waals surface area contributed by atoms with E-state index in [9.17, 15) is 0 Å². The van der Waals surface area contributed by atoms with Crippen LogP contribution in [0.2, 0.25) is 0 Å². The molecule has 2 N–H and O–H groups in total. The molecule has 1 aromatic carbocycles. The summed E-state index contributed by atoms with van der Waals surface area (Å²) < 4.78 is 0. The Bertz CT molecular complexity index is 306. The molecule has 0 fully saturated rings. The molecule has 1 rings (SSSR count). The lowest BCUT2D eigenvalue weighted by Crippen LogP contribution is -2.23. The van der Waals surface area contributed by atoms with Gasteiger partial charge in [0, 0.05) is 6.04 Å². The lowest BCUT2D eigenvalue weighted by molar-refractivity contribution is 0.436. The Balaban J connectivity index is 2.34. The van der Waals surface area contributed by atoms with Crippen LogP contribution in [-0.4, -0.2) is 6.04 Å². The highest BCUT2D eigenvalue weighted by Gasteiger charge is 2.07. The van der Waals surface area contributed by atoms with Gasteiger partial charge in [-0.1, -0.05) is 50.1 Å². The van der Waals surface area contributed by atoms with E-state index < -0.39 is 0 Å². The van der Waals surface area contributed by atoms with Crippen LogP contribution in [0.3, 0.4) is 0 Å². The van der Waals surface area contributed by atoms with E-state index >= 15 is 0 Å². The molecule has 90 valence electrons. The number of hydrogen-bond acceptors (Lipinski definition) is 1. The molecular weight excluding hydrogens is 194 g/mol. The van der Waals surface area contributed by atoms with Gasteiger partial charge in [-0.15, -0.1) is 0 Å². The number of rotatable bonds is 6. The maximum atomic E-state index is 6.14. The van der Waals surface area contributed by atoms with Gasteiger partial charge < -0.3 is 5.73 Å². The molecule has 1 heteroatoms. The zero-order chi connectivity index (χ0) is 12.0. The van der Waals surface area contributed by atoms with Gasteiger partial charge in [-0.05, 0) is 37.7 Å². The molecule has 0 bridgehead atoms. The molecule has 0 heterocycles. The van der Waals surface area contributed by atoms with Crippen LogP contribution in [0.4, 0.5) is 0 Å². The van der Waals surface area contributed by atoms with Crippen molar-refractivity contribution in [1.82, 2.24) is 0 Å². The molecule has 2 atom stereocenters. The zero-order valence-corrected chi connectivity index (χ0v) is 10.9. The average molecular weight is 219 g/mol. The van der Waals surface area contributed by atoms with Gasteiger partial charge in [0.25, 0.3) is 0 Å². The second kappa shape index (κ2) is 6.70. The topological polar surface area (TPSA) is 26.0 Å². The Kier molecular flexibility index (Phi) is 5.54. The van der Waals surface area contributed by atoms with Crippen LogP contribution >= 0.6 is 0 Å².